The molecule has 3 aromatic rings. The molecule has 152 valence electrons. The minimum atomic E-state index is -0.0667. The van der Waals surface area contributed by atoms with E-state index < -0.39 is 0 Å². The van der Waals surface area contributed by atoms with Gasteiger partial charge in [0.2, 0.25) is 5.91 Å². The first-order chi connectivity index (χ1) is 14.1. The predicted octanol–water partition coefficient (Wildman–Crippen LogP) is 2.84. The number of rotatable bonds is 5. The normalized spacial score (nSPS) is 15.7. The summed E-state index contributed by atoms with van der Waals surface area (Å²) in [4.78, 5) is 22.0. The van der Waals surface area contributed by atoms with Gasteiger partial charge < -0.3 is 9.80 Å². The number of anilines is 1. The molecule has 0 N–H and O–H groups in total. The van der Waals surface area contributed by atoms with Gasteiger partial charge in [-0.2, -0.15) is 4.98 Å². The van der Waals surface area contributed by atoms with Crippen molar-refractivity contribution in [1.29, 1.82) is 0 Å². The van der Waals surface area contributed by atoms with Crippen LogP contribution in [0.5, 0.6) is 0 Å². The molecule has 0 saturated carbocycles. The predicted molar refractivity (Wildman–Crippen MR) is 113 cm³/mol. The summed E-state index contributed by atoms with van der Waals surface area (Å²) in [6.07, 6.45) is 1.64. The van der Waals surface area contributed by atoms with Crippen LogP contribution in [0.4, 0.5) is 5.82 Å². The van der Waals surface area contributed by atoms with E-state index >= 15 is 0 Å². The molecule has 1 saturated heterocycles. The van der Waals surface area contributed by atoms with Crippen LogP contribution in [0.15, 0.2) is 36.4 Å². The van der Waals surface area contributed by atoms with Crippen molar-refractivity contribution in [3.05, 3.63) is 53.5 Å². The molecule has 0 radical (unpaired) electrons. The van der Waals surface area contributed by atoms with E-state index in [1.54, 1.807) is 0 Å². The second-order valence-corrected chi connectivity index (χ2v) is 7.54. The van der Waals surface area contributed by atoms with Crippen molar-refractivity contribution >= 4 is 17.5 Å². The van der Waals surface area contributed by atoms with Gasteiger partial charge in [-0.05, 0) is 18.9 Å². The molecule has 0 spiro atoms. The molecule has 1 atom stereocenters. The maximum Gasteiger partial charge on any atom is 0.257 e. The highest BCUT2D eigenvalue weighted by atomic mass is 16.2. The standard InChI is InChI=1S/C22H28N6O/c1-4-18(17-9-7-6-8-10-17)21(29)27-13-11-26(12-14-27)20-15-16(3)28-19(5-2)24-25-22(28)23-20/h6-10,15,18H,4-5,11-14H2,1-3H3/t18-/m1/s1. The Balaban J connectivity index is 1.47. The lowest BCUT2D eigenvalue weighted by atomic mass is 9.95. The summed E-state index contributed by atoms with van der Waals surface area (Å²) in [6.45, 7) is 9.17. The van der Waals surface area contributed by atoms with Gasteiger partial charge in [0.25, 0.3) is 5.78 Å². The fourth-order valence-electron chi connectivity index (χ4n) is 4.13. The number of hydrogen-bond donors (Lipinski definition) is 0. The topological polar surface area (TPSA) is 66.6 Å². The van der Waals surface area contributed by atoms with Crippen LogP contribution in [0.3, 0.4) is 0 Å². The molecule has 4 rings (SSSR count). The van der Waals surface area contributed by atoms with Gasteiger partial charge in [0, 0.05) is 44.4 Å². The summed E-state index contributed by atoms with van der Waals surface area (Å²) in [7, 11) is 0. The van der Waals surface area contributed by atoms with E-state index in [0.29, 0.717) is 18.9 Å². The summed E-state index contributed by atoms with van der Waals surface area (Å²) in [5.41, 5.74) is 2.18. The number of fused-ring (bicyclic) bond motifs is 1. The van der Waals surface area contributed by atoms with Crippen molar-refractivity contribution < 1.29 is 4.79 Å². The SMILES string of the molecule is CCc1nnc2nc(N3CCN(C(=O)[C@H](CC)c4ccccc4)CC3)cc(C)n12. The summed E-state index contributed by atoms with van der Waals surface area (Å²) in [5, 5.41) is 8.46. The summed E-state index contributed by atoms with van der Waals surface area (Å²) < 4.78 is 2.01. The van der Waals surface area contributed by atoms with Gasteiger partial charge in [-0.1, -0.05) is 44.2 Å². The van der Waals surface area contributed by atoms with Crippen LogP contribution in [0.1, 0.15) is 43.3 Å². The molecule has 1 aliphatic heterocycles. The van der Waals surface area contributed by atoms with E-state index in [1.807, 2.05) is 39.6 Å². The molecule has 1 aliphatic rings. The molecular weight excluding hydrogens is 364 g/mol. The van der Waals surface area contributed by atoms with Gasteiger partial charge in [-0.3, -0.25) is 9.20 Å². The van der Waals surface area contributed by atoms with Gasteiger partial charge >= 0.3 is 0 Å². The monoisotopic (exact) mass is 392 g/mol. The van der Waals surface area contributed by atoms with E-state index in [-0.39, 0.29) is 11.8 Å². The van der Waals surface area contributed by atoms with Crippen molar-refractivity contribution in [2.24, 2.45) is 0 Å². The Morgan fingerprint density at radius 2 is 1.79 bits per heavy atom. The quantitative estimate of drug-likeness (QED) is 0.668. The van der Waals surface area contributed by atoms with E-state index in [1.165, 1.54) is 0 Å². The summed E-state index contributed by atoms with van der Waals surface area (Å²) in [6, 6.07) is 12.2. The third-order valence-electron chi connectivity index (χ3n) is 5.76. The number of aromatic nitrogens is 4. The van der Waals surface area contributed by atoms with Crippen molar-refractivity contribution in [2.75, 3.05) is 31.1 Å². The summed E-state index contributed by atoms with van der Waals surface area (Å²) in [5.74, 6) is 2.64. The number of piperazine rings is 1. The first-order valence-corrected chi connectivity index (χ1v) is 10.4. The van der Waals surface area contributed by atoms with Crippen molar-refractivity contribution in [3.8, 4) is 0 Å². The first kappa shape index (κ1) is 19.4. The maximum absolute atomic E-state index is 13.1. The zero-order chi connectivity index (χ0) is 20.4. The zero-order valence-electron chi connectivity index (χ0n) is 17.4. The number of amides is 1. The number of carbonyl (C=O) groups excluding carboxylic acids is 1. The fourth-order valence-corrected chi connectivity index (χ4v) is 4.13. The molecule has 7 nitrogen and oxygen atoms in total. The van der Waals surface area contributed by atoms with Crippen LogP contribution in [0.2, 0.25) is 0 Å². The molecule has 1 fully saturated rings. The van der Waals surface area contributed by atoms with Gasteiger partial charge in [-0.15, -0.1) is 10.2 Å². The number of benzene rings is 1. The lowest BCUT2D eigenvalue weighted by Gasteiger charge is -2.37. The molecule has 7 heteroatoms. The zero-order valence-corrected chi connectivity index (χ0v) is 17.4. The van der Waals surface area contributed by atoms with Crippen molar-refractivity contribution in [2.45, 2.75) is 39.5 Å². The third kappa shape index (κ3) is 3.69. The van der Waals surface area contributed by atoms with E-state index in [9.17, 15) is 4.79 Å². The van der Waals surface area contributed by atoms with E-state index in [0.717, 1.165) is 48.8 Å². The molecule has 0 aliphatic carbocycles. The molecule has 29 heavy (non-hydrogen) atoms. The second-order valence-electron chi connectivity index (χ2n) is 7.54. The maximum atomic E-state index is 13.1. The van der Waals surface area contributed by atoms with Crippen LogP contribution in [-0.2, 0) is 11.2 Å². The Kier molecular flexibility index (Phi) is 5.47. The molecule has 0 bridgehead atoms. The number of hydrogen-bond acceptors (Lipinski definition) is 5. The van der Waals surface area contributed by atoms with Gasteiger partial charge in [0.1, 0.15) is 11.6 Å². The Morgan fingerprint density at radius 1 is 1.07 bits per heavy atom. The van der Waals surface area contributed by atoms with Crippen LogP contribution in [0.25, 0.3) is 5.78 Å². The molecule has 2 aromatic heterocycles. The average molecular weight is 393 g/mol. The highest BCUT2D eigenvalue weighted by Crippen LogP contribution is 2.24. The Labute approximate surface area is 171 Å². The van der Waals surface area contributed by atoms with Crippen molar-refractivity contribution in [3.63, 3.8) is 0 Å². The number of nitrogens with zero attached hydrogens (tertiary/aromatic N) is 6. The van der Waals surface area contributed by atoms with Gasteiger partial charge in [-0.25, -0.2) is 0 Å². The van der Waals surface area contributed by atoms with Crippen LogP contribution >= 0.6 is 0 Å². The fraction of sp³-hybridized carbons (Fsp3) is 0.455. The lowest BCUT2D eigenvalue weighted by Crippen LogP contribution is -2.50. The minimum Gasteiger partial charge on any atom is -0.353 e. The Morgan fingerprint density at radius 3 is 2.45 bits per heavy atom. The average Bonchev–Trinajstić information content (AvgIpc) is 3.19. The third-order valence-corrected chi connectivity index (χ3v) is 5.76. The Bertz CT molecular complexity index is 991. The van der Waals surface area contributed by atoms with Crippen LogP contribution < -0.4 is 4.90 Å². The molecule has 0 unspecified atom stereocenters. The Hall–Kier alpha value is -2.96. The van der Waals surface area contributed by atoms with Crippen LogP contribution in [0, 0.1) is 6.92 Å². The second kappa shape index (κ2) is 8.19. The smallest absolute Gasteiger partial charge is 0.257 e. The van der Waals surface area contributed by atoms with E-state index in [4.69, 9.17) is 4.98 Å². The molecular formula is C22H28N6O. The minimum absolute atomic E-state index is 0.0667. The number of carbonyl (C=O) groups is 1. The highest BCUT2D eigenvalue weighted by Gasteiger charge is 2.28. The first-order valence-electron chi connectivity index (χ1n) is 10.4. The van der Waals surface area contributed by atoms with Gasteiger partial charge in [0.15, 0.2) is 0 Å². The molecule has 1 amide bonds. The van der Waals surface area contributed by atoms with Gasteiger partial charge in [0.05, 0.1) is 5.92 Å². The highest BCUT2D eigenvalue weighted by molar-refractivity contribution is 5.84. The summed E-state index contributed by atoms with van der Waals surface area (Å²) >= 11 is 0. The number of aryl methyl sites for hydroxylation is 2. The molecule has 3 heterocycles. The van der Waals surface area contributed by atoms with Crippen LogP contribution in [-0.4, -0.2) is 56.6 Å². The van der Waals surface area contributed by atoms with Crippen molar-refractivity contribution in [1.82, 2.24) is 24.5 Å². The molecule has 1 aromatic carbocycles. The largest absolute Gasteiger partial charge is 0.353 e. The van der Waals surface area contributed by atoms with E-state index in [2.05, 4.69) is 41.9 Å². The lowest BCUT2D eigenvalue weighted by molar-refractivity contribution is -0.133.